The van der Waals surface area contributed by atoms with Crippen LogP contribution >= 0.6 is 0 Å². The first kappa shape index (κ1) is 14.9. The molecule has 0 saturated heterocycles. The van der Waals surface area contributed by atoms with Gasteiger partial charge in [-0.25, -0.2) is 0 Å². The van der Waals surface area contributed by atoms with Gasteiger partial charge in [0.15, 0.2) is 17.3 Å². The predicted molar refractivity (Wildman–Crippen MR) is 80.8 cm³/mol. The Morgan fingerprint density at radius 2 is 1.10 bits per heavy atom. The van der Waals surface area contributed by atoms with Crippen LogP contribution < -0.4 is 0 Å². The van der Waals surface area contributed by atoms with E-state index in [1.165, 1.54) is 0 Å². The van der Waals surface area contributed by atoms with Gasteiger partial charge in [0.2, 0.25) is 0 Å². The van der Waals surface area contributed by atoms with Gasteiger partial charge >= 0.3 is 0 Å². The largest absolute Gasteiger partial charge is 0.294 e. The van der Waals surface area contributed by atoms with E-state index in [2.05, 4.69) is 0 Å². The smallest absolute Gasteiger partial charge is 0.170 e. The second kappa shape index (κ2) is 6.75. The van der Waals surface area contributed by atoms with Crippen molar-refractivity contribution in [2.24, 2.45) is 0 Å². The van der Waals surface area contributed by atoms with Crippen molar-refractivity contribution in [2.75, 3.05) is 0 Å². The van der Waals surface area contributed by atoms with Crippen LogP contribution in [-0.4, -0.2) is 17.3 Å². The first-order chi connectivity index (χ1) is 10.1. The minimum atomic E-state index is -0.237. The van der Waals surface area contributed by atoms with Crippen molar-refractivity contribution in [3.8, 4) is 0 Å². The van der Waals surface area contributed by atoms with Crippen molar-refractivity contribution in [2.45, 2.75) is 19.8 Å². The van der Waals surface area contributed by atoms with Gasteiger partial charge in [0.25, 0.3) is 0 Å². The lowest BCUT2D eigenvalue weighted by molar-refractivity contribution is 0.0892. The third-order valence-electron chi connectivity index (χ3n) is 3.27. The summed E-state index contributed by atoms with van der Waals surface area (Å²) in [6.07, 6.45) is 0.269. The molecule has 0 spiro atoms. The standard InChI is InChI=1S/C18H16O3/c1-2-16(19)14-8-10-15(11-9-14)18(21)12-17(20)13-6-4-3-5-7-13/h3-11H,2,12H2,1H3. The van der Waals surface area contributed by atoms with Crippen molar-refractivity contribution in [1.82, 2.24) is 0 Å². The molecular formula is C18H16O3. The van der Waals surface area contributed by atoms with Crippen LogP contribution in [0.25, 0.3) is 0 Å². The summed E-state index contributed by atoms with van der Waals surface area (Å²) in [7, 11) is 0. The average molecular weight is 280 g/mol. The molecule has 2 aromatic carbocycles. The number of hydrogen-bond acceptors (Lipinski definition) is 3. The second-order valence-corrected chi connectivity index (χ2v) is 4.74. The Bertz CT molecular complexity index is 655. The van der Waals surface area contributed by atoms with E-state index in [0.29, 0.717) is 23.1 Å². The highest BCUT2D eigenvalue weighted by atomic mass is 16.1. The molecule has 3 nitrogen and oxygen atoms in total. The van der Waals surface area contributed by atoms with Crippen molar-refractivity contribution in [3.63, 3.8) is 0 Å². The van der Waals surface area contributed by atoms with E-state index in [-0.39, 0.29) is 23.8 Å². The first-order valence-corrected chi connectivity index (χ1v) is 6.86. The Balaban J connectivity index is 2.07. The summed E-state index contributed by atoms with van der Waals surface area (Å²) in [6.45, 7) is 1.79. The molecule has 0 aliphatic carbocycles. The molecule has 0 aliphatic rings. The predicted octanol–water partition coefficient (Wildman–Crippen LogP) is 3.74. The number of Topliss-reactive ketones (excluding diaryl/α,β-unsaturated/α-hetero) is 3. The molecule has 0 heterocycles. The minimum Gasteiger partial charge on any atom is -0.294 e. The number of carbonyl (C=O) groups is 3. The van der Waals surface area contributed by atoms with E-state index in [4.69, 9.17) is 0 Å². The van der Waals surface area contributed by atoms with E-state index >= 15 is 0 Å². The molecule has 2 rings (SSSR count). The van der Waals surface area contributed by atoms with Gasteiger partial charge in [-0.05, 0) is 0 Å². The number of hydrogen-bond donors (Lipinski definition) is 0. The van der Waals surface area contributed by atoms with Crippen LogP contribution in [0.4, 0.5) is 0 Å². The fraction of sp³-hybridized carbons (Fsp3) is 0.167. The lowest BCUT2D eigenvalue weighted by atomic mass is 9.99. The summed E-state index contributed by atoms with van der Waals surface area (Å²) in [5, 5.41) is 0. The number of rotatable bonds is 6. The van der Waals surface area contributed by atoms with Crippen LogP contribution in [0.2, 0.25) is 0 Å². The van der Waals surface area contributed by atoms with Gasteiger partial charge in [-0.15, -0.1) is 0 Å². The number of benzene rings is 2. The van der Waals surface area contributed by atoms with Crippen molar-refractivity contribution >= 4 is 17.3 Å². The fourth-order valence-electron chi connectivity index (χ4n) is 2.02. The highest BCUT2D eigenvalue weighted by molar-refractivity contribution is 6.13. The quantitative estimate of drug-likeness (QED) is 0.598. The average Bonchev–Trinajstić information content (AvgIpc) is 2.55. The summed E-state index contributed by atoms with van der Waals surface area (Å²) in [5.41, 5.74) is 1.57. The van der Waals surface area contributed by atoms with E-state index in [1.54, 1.807) is 55.5 Å². The molecule has 0 saturated carbocycles. The zero-order valence-electron chi connectivity index (χ0n) is 11.8. The topological polar surface area (TPSA) is 51.2 Å². The third kappa shape index (κ3) is 3.72. The zero-order chi connectivity index (χ0) is 15.2. The van der Waals surface area contributed by atoms with Gasteiger partial charge in [0, 0.05) is 23.1 Å². The van der Waals surface area contributed by atoms with Gasteiger partial charge in [-0.2, -0.15) is 0 Å². The van der Waals surface area contributed by atoms with Crippen LogP contribution in [0.3, 0.4) is 0 Å². The minimum absolute atomic E-state index is 0.0364. The lowest BCUT2D eigenvalue weighted by Gasteiger charge is -2.03. The zero-order valence-corrected chi connectivity index (χ0v) is 11.8. The van der Waals surface area contributed by atoms with Crippen LogP contribution in [0.1, 0.15) is 50.8 Å². The Kier molecular flexibility index (Phi) is 4.77. The van der Waals surface area contributed by atoms with Crippen LogP contribution in [-0.2, 0) is 0 Å². The summed E-state index contributed by atoms with van der Waals surface area (Å²) in [5.74, 6) is -0.400. The molecular weight excluding hydrogens is 264 g/mol. The molecule has 0 fully saturated rings. The summed E-state index contributed by atoms with van der Waals surface area (Å²) < 4.78 is 0. The normalized spacial score (nSPS) is 10.1. The molecule has 0 amide bonds. The summed E-state index contributed by atoms with van der Waals surface area (Å²) >= 11 is 0. The molecule has 0 radical (unpaired) electrons. The van der Waals surface area contributed by atoms with Crippen molar-refractivity contribution in [1.29, 1.82) is 0 Å². The molecule has 0 aromatic heterocycles. The maximum absolute atomic E-state index is 12.1. The molecule has 3 heteroatoms. The molecule has 0 aliphatic heterocycles. The van der Waals surface area contributed by atoms with Gasteiger partial charge in [0.1, 0.15) is 0 Å². The van der Waals surface area contributed by atoms with Crippen molar-refractivity contribution < 1.29 is 14.4 Å². The van der Waals surface area contributed by atoms with E-state index in [9.17, 15) is 14.4 Å². The van der Waals surface area contributed by atoms with Gasteiger partial charge < -0.3 is 0 Å². The Morgan fingerprint density at radius 3 is 1.57 bits per heavy atom. The van der Waals surface area contributed by atoms with Crippen molar-refractivity contribution in [3.05, 3.63) is 71.3 Å². The molecule has 0 N–H and O–H groups in total. The maximum Gasteiger partial charge on any atom is 0.170 e. The van der Waals surface area contributed by atoms with Crippen LogP contribution in [0.5, 0.6) is 0 Å². The number of carbonyl (C=O) groups excluding carboxylic acids is 3. The molecule has 0 bridgehead atoms. The third-order valence-corrected chi connectivity index (χ3v) is 3.27. The highest BCUT2D eigenvalue weighted by Gasteiger charge is 2.14. The Hall–Kier alpha value is -2.55. The summed E-state index contributed by atoms with van der Waals surface area (Å²) in [4.78, 5) is 35.6. The fourth-order valence-corrected chi connectivity index (χ4v) is 2.02. The van der Waals surface area contributed by atoms with E-state index < -0.39 is 0 Å². The molecule has 2 aromatic rings. The molecule has 106 valence electrons. The van der Waals surface area contributed by atoms with Crippen LogP contribution in [0.15, 0.2) is 54.6 Å². The van der Waals surface area contributed by atoms with Gasteiger partial charge in [-0.3, -0.25) is 14.4 Å². The van der Waals surface area contributed by atoms with E-state index in [0.717, 1.165) is 0 Å². The number of ketones is 3. The molecule has 21 heavy (non-hydrogen) atoms. The lowest BCUT2D eigenvalue weighted by Crippen LogP contribution is -2.09. The Morgan fingerprint density at radius 1 is 0.667 bits per heavy atom. The monoisotopic (exact) mass is 280 g/mol. The SMILES string of the molecule is CCC(=O)c1ccc(C(=O)CC(=O)c2ccccc2)cc1. The first-order valence-electron chi connectivity index (χ1n) is 6.86. The maximum atomic E-state index is 12.1. The Labute approximate surface area is 123 Å². The second-order valence-electron chi connectivity index (χ2n) is 4.74. The van der Waals surface area contributed by atoms with Gasteiger partial charge in [-0.1, -0.05) is 61.5 Å². The highest BCUT2D eigenvalue weighted by Crippen LogP contribution is 2.11. The van der Waals surface area contributed by atoms with E-state index in [1.807, 2.05) is 6.07 Å². The summed E-state index contributed by atoms with van der Waals surface area (Å²) in [6, 6.07) is 15.2. The molecule has 0 atom stereocenters. The van der Waals surface area contributed by atoms with Crippen LogP contribution in [0, 0.1) is 0 Å². The van der Waals surface area contributed by atoms with Gasteiger partial charge in [0.05, 0.1) is 6.42 Å². The molecule has 0 unspecified atom stereocenters.